The molecule has 1 N–H and O–H groups in total. The van der Waals surface area contributed by atoms with E-state index in [0.717, 1.165) is 0 Å². The SMILES string of the molecule is CC(C)Nc1c(-c2ccccc2)c2ccccc2p1-c1ccccc1. The van der Waals surface area contributed by atoms with Gasteiger partial charge in [-0.05, 0) is 30.9 Å². The van der Waals surface area contributed by atoms with Crippen molar-refractivity contribution in [3.05, 3.63) is 84.9 Å². The molecule has 0 saturated heterocycles. The van der Waals surface area contributed by atoms with Crippen molar-refractivity contribution in [2.75, 3.05) is 5.32 Å². The van der Waals surface area contributed by atoms with Crippen LogP contribution in [0.25, 0.3) is 26.9 Å². The monoisotopic (exact) mass is 343 g/mol. The Balaban J connectivity index is 2.10. The third-order valence-corrected chi connectivity index (χ3v) is 6.86. The average Bonchev–Trinajstić information content (AvgIpc) is 2.96. The van der Waals surface area contributed by atoms with Gasteiger partial charge in [0.1, 0.15) is 0 Å². The molecule has 0 fully saturated rings. The fourth-order valence-corrected chi connectivity index (χ4v) is 6.16. The first-order valence-corrected chi connectivity index (χ1v) is 10.1. The van der Waals surface area contributed by atoms with Gasteiger partial charge in [-0.25, -0.2) is 0 Å². The van der Waals surface area contributed by atoms with E-state index in [-0.39, 0.29) is 0 Å². The lowest BCUT2D eigenvalue weighted by molar-refractivity contribution is 0.905. The van der Waals surface area contributed by atoms with Gasteiger partial charge in [-0.15, -0.1) is 0 Å². The van der Waals surface area contributed by atoms with Gasteiger partial charge in [0.25, 0.3) is 0 Å². The summed E-state index contributed by atoms with van der Waals surface area (Å²) in [6.45, 7) is 4.44. The number of benzene rings is 3. The first kappa shape index (κ1) is 16.0. The molecule has 3 aromatic carbocycles. The summed E-state index contributed by atoms with van der Waals surface area (Å²) in [5.41, 5.74) is 4.03. The first-order chi connectivity index (χ1) is 12.3. The van der Waals surface area contributed by atoms with Crippen molar-refractivity contribution in [1.82, 2.24) is 0 Å². The van der Waals surface area contributed by atoms with Gasteiger partial charge < -0.3 is 5.32 Å². The Labute approximate surface area is 150 Å². The van der Waals surface area contributed by atoms with Gasteiger partial charge in [0.05, 0.1) is 5.42 Å². The number of hydrogen-bond donors (Lipinski definition) is 1. The van der Waals surface area contributed by atoms with E-state index < -0.39 is 7.53 Å². The smallest absolute Gasteiger partial charge is 0.0674 e. The van der Waals surface area contributed by atoms with Crippen LogP contribution in [0.3, 0.4) is 0 Å². The number of rotatable bonds is 4. The van der Waals surface area contributed by atoms with Crippen molar-refractivity contribution >= 4 is 23.5 Å². The molecule has 0 aliphatic rings. The zero-order chi connectivity index (χ0) is 17.2. The van der Waals surface area contributed by atoms with Crippen LogP contribution in [0.4, 0.5) is 5.42 Å². The number of nitrogens with one attached hydrogen (secondary N) is 1. The topological polar surface area (TPSA) is 12.0 Å². The van der Waals surface area contributed by atoms with Crippen molar-refractivity contribution in [3.63, 3.8) is 0 Å². The Bertz CT molecular complexity index is 908. The standard InChI is InChI=1S/C23H22NP/c1-17(2)24-23-22(18-11-5-3-6-12-18)20-15-9-10-16-21(20)25(23)19-13-7-4-8-14-19/h3-17,24H,1-2H3. The van der Waals surface area contributed by atoms with Crippen LogP contribution in [0.5, 0.6) is 0 Å². The summed E-state index contributed by atoms with van der Waals surface area (Å²) in [7, 11) is -0.546. The van der Waals surface area contributed by atoms with Crippen molar-refractivity contribution in [1.29, 1.82) is 0 Å². The number of anilines is 1. The second-order valence-corrected chi connectivity index (χ2v) is 8.69. The Hall–Kier alpha value is -2.50. The molecular weight excluding hydrogens is 321 g/mol. The second-order valence-electron chi connectivity index (χ2n) is 6.58. The highest BCUT2D eigenvalue weighted by Crippen LogP contribution is 2.60. The molecule has 4 rings (SSSR count). The van der Waals surface area contributed by atoms with Crippen LogP contribution in [0.15, 0.2) is 84.9 Å². The summed E-state index contributed by atoms with van der Waals surface area (Å²) in [5.74, 6) is 0. The number of fused-ring (bicyclic) bond motifs is 1. The molecule has 1 nitrogen and oxygen atoms in total. The summed E-state index contributed by atoms with van der Waals surface area (Å²) in [4.78, 5) is 0. The van der Waals surface area contributed by atoms with E-state index in [1.165, 1.54) is 32.4 Å². The Morgan fingerprint density at radius 1 is 0.720 bits per heavy atom. The Morgan fingerprint density at radius 2 is 1.32 bits per heavy atom. The van der Waals surface area contributed by atoms with E-state index in [0.29, 0.717) is 6.04 Å². The van der Waals surface area contributed by atoms with Crippen LogP contribution in [-0.2, 0) is 0 Å². The van der Waals surface area contributed by atoms with E-state index in [4.69, 9.17) is 0 Å². The highest BCUT2D eigenvalue weighted by molar-refractivity contribution is 7.66. The average molecular weight is 343 g/mol. The first-order valence-electron chi connectivity index (χ1n) is 8.76. The summed E-state index contributed by atoms with van der Waals surface area (Å²) >= 11 is 0. The maximum Gasteiger partial charge on any atom is 0.0674 e. The molecule has 0 aliphatic heterocycles. The predicted molar refractivity (Wildman–Crippen MR) is 112 cm³/mol. The van der Waals surface area contributed by atoms with Crippen molar-refractivity contribution in [2.24, 2.45) is 0 Å². The van der Waals surface area contributed by atoms with Crippen LogP contribution in [0.1, 0.15) is 13.8 Å². The Kier molecular flexibility index (Phi) is 4.34. The molecule has 0 aliphatic carbocycles. The molecule has 0 saturated carbocycles. The molecule has 4 aromatic rings. The lowest BCUT2D eigenvalue weighted by atomic mass is 10.0. The van der Waals surface area contributed by atoms with Gasteiger partial charge in [0, 0.05) is 22.0 Å². The number of hydrogen-bond acceptors (Lipinski definition) is 1. The van der Waals surface area contributed by atoms with E-state index in [2.05, 4.69) is 104 Å². The zero-order valence-corrected chi connectivity index (χ0v) is 15.5. The molecule has 25 heavy (non-hydrogen) atoms. The van der Waals surface area contributed by atoms with Crippen molar-refractivity contribution < 1.29 is 0 Å². The Morgan fingerprint density at radius 3 is 2.00 bits per heavy atom. The second kappa shape index (κ2) is 6.78. The lowest BCUT2D eigenvalue weighted by Crippen LogP contribution is -2.09. The maximum atomic E-state index is 3.79. The molecule has 2 heteroatoms. The molecule has 0 amide bonds. The van der Waals surface area contributed by atoms with Gasteiger partial charge >= 0.3 is 0 Å². The van der Waals surface area contributed by atoms with Crippen LogP contribution in [0.2, 0.25) is 0 Å². The van der Waals surface area contributed by atoms with E-state index in [9.17, 15) is 0 Å². The van der Waals surface area contributed by atoms with Gasteiger partial charge in [-0.2, -0.15) is 0 Å². The van der Waals surface area contributed by atoms with Crippen molar-refractivity contribution in [3.8, 4) is 16.4 Å². The summed E-state index contributed by atoms with van der Waals surface area (Å²) in [5, 5.41) is 8.01. The molecule has 1 aromatic heterocycles. The van der Waals surface area contributed by atoms with Crippen molar-refractivity contribution in [2.45, 2.75) is 19.9 Å². The lowest BCUT2D eigenvalue weighted by Gasteiger charge is -2.15. The van der Waals surface area contributed by atoms with E-state index in [1.807, 2.05) is 0 Å². The van der Waals surface area contributed by atoms with Gasteiger partial charge in [0.15, 0.2) is 0 Å². The van der Waals surface area contributed by atoms with Gasteiger partial charge in [-0.3, -0.25) is 0 Å². The molecule has 124 valence electrons. The summed E-state index contributed by atoms with van der Waals surface area (Å²) in [6.07, 6.45) is 0. The van der Waals surface area contributed by atoms with E-state index in [1.54, 1.807) is 0 Å². The largest absolute Gasteiger partial charge is 0.379 e. The van der Waals surface area contributed by atoms with Crippen LogP contribution in [0, 0.1) is 0 Å². The van der Waals surface area contributed by atoms with Gasteiger partial charge in [0.2, 0.25) is 0 Å². The predicted octanol–water partition coefficient (Wildman–Crippen LogP) is 7.30. The summed E-state index contributed by atoms with van der Waals surface area (Å²) in [6, 6.07) is 31.0. The zero-order valence-electron chi connectivity index (χ0n) is 14.6. The third kappa shape index (κ3) is 2.97. The highest BCUT2D eigenvalue weighted by Gasteiger charge is 2.20. The summed E-state index contributed by atoms with van der Waals surface area (Å²) < 4.78 is 0. The molecule has 0 spiro atoms. The normalized spacial score (nSPS) is 11.9. The third-order valence-electron chi connectivity index (χ3n) is 4.38. The minimum Gasteiger partial charge on any atom is -0.379 e. The van der Waals surface area contributed by atoms with Crippen LogP contribution >= 0.6 is 7.53 Å². The van der Waals surface area contributed by atoms with Crippen LogP contribution < -0.4 is 5.32 Å². The minimum absolute atomic E-state index is 0.400. The quantitative estimate of drug-likeness (QED) is 0.410. The fraction of sp³-hybridized carbons (Fsp3) is 0.130. The van der Waals surface area contributed by atoms with E-state index >= 15 is 0 Å². The molecule has 0 bridgehead atoms. The fourth-order valence-electron chi connectivity index (χ4n) is 3.39. The molecular formula is C23H22NP. The molecule has 1 atom stereocenters. The van der Waals surface area contributed by atoms with Gasteiger partial charge in [-0.1, -0.05) is 86.4 Å². The van der Waals surface area contributed by atoms with Crippen LogP contribution in [-0.4, -0.2) is 6.04 Å². The minimum atomic E-state index is -0.546. The maximum absolute atomic E-state index is 3.79. The molecule has 0 radical (unpaired) electrons. The highest BCUT2D eigenvalue weighted by atomic mass is 31.1. The molecule has 1 heterocycles. The molecule has 1 unspecified atom stereocenters.